The van der Waals surface area contributed by atoms with Crippen LogP contribution in [-0.2, 0) is 4.79 Å². The molecule has 0 aromatic carbocycles. The maximum Gasteiger partial charge on any atom is 0.254 e. The Balaban J connectivity index is 2.58. The molecule has 1 rings (SSSR count). The molecular weight excluding hydrogens is 268 g/mol. The fourth-order valence-corrected chi connectivity index (χ4v) is 2.16. The van der Waals surface area contributed by atoms with Crippen LogP contribution in [0.25, 0.3) is 0 Å². The Bertz CT molecular complexity index is 263. The van der Waals surface area contributed by atoms with E-state index in [2.05, 4.69) is 15.9 Å². The summed E-state index contributed by atoms with van der Waals surface area (Å²) in [5, 5.41) is 0. The topological polar surface area (TPSA) is 20.3 Å². The summed E-state index contributed by atoms with van der Waals surface area (Å²) in [6.45, 7) is 5.87. The van der Waals surface area contributed by atoms with Crippen molar-refractivity contribution in [3.05, 3.63) is 0 Å². The van der Waals surface area contributed by atoms with Crippen molar-refractivity contribution in [2.75, 3.05) is 13.1 Å². The van der Waals surface area contributed by atoms with Crippen LogP contribution in [0.15, 0.2) is 0 Å². The third-order valence-electron chi connectivity index (χ3n) is 2.64. The van der Waals surface area contributed by atoms with Gasteiger partial charge < -0.3 is 4.90 Å². The number of alkyl halides is 3. The molecule has 1 amide bonds. The van der Waals surface area contributed by atoms with Gasteiger partial charge in [-0.3, -0.25) is 4.79 Å². The lowest BCUT2D eigenvalue weighted by atomic mass is 9.93. The maximum absolute atomic E-state index is 12.7. The first-order valence-electron chi connectivity index (χ1n) is 4.91. The highest BCUT2D eigenvalue weighted by Gasteiger charge is 2.41. The molecule has 0 radical (unpaired) electrons. The zero-order chi connectivity index (χ0) is 11.9. The van der Waals surface area contributed by atoms with E-state index in [1.54, 1.807) is 0 Å². The maximum atomic E-state index is 12.7. The molecule has 1 aliphatic heterocycles. The second-order valence-corrected chi connectivity index (χ2v) is 6.08. The Morgan fingerprint density at radius 3 is 2.47 bits per heavy atom. The average Bonchev–Trinajstić information content (AvgIpc) is 2.23. The van der Waals surface area contributed by atoms with Crippen molar-refractivity contribution in [2.45, 2.75) is 37.9 Å². The van der Waals surface area contributed by atoms with Gasteiger partial charge in [0.2, 0.25) is 5.91 Å². The number of hydrogen-bond donors (Lipinski definition) is 0. The molecule has 1 atom stereocenters. The molecule has 1 fully saturated rings. The zero-order valence-corrected chi connectivity index (χ0v) is 10.8. The molecule has 1 unspecified atom stereocenters. The monoisotopic (exact) mass is 283 g/mol. The van der Waals surface area contributed by atoms with Crippen molar-refractivity contribution in [2.24, 2.45) is 5.41 Å². The summed E-state index contributed by atoms with van der Waals surface area (Å²) in [4.78, 5) is 13.2. The fourth-order valence-electron chi connectivity index (χ4n) is 1.66. The van der Waals surface area contributed by atoms with Gasteiger partial charge in [0.25, 0.3) is 5.92 Å². The molecule has 0 aromatic heterocycles. The second-order valence-electron chi connectivity index (χ2n) is 4.98. The van der Waals surface area contributed by atoms with Crippen molar-refractivity contribution in [3.8, 4) is 0 Å². The fraction of sp³-hybridized carbons (Fsp3) is 0.900. The minimum atomic E-state index is -2.91. The van der Waals surface area contributed by atoms with Crippen molar-refractivity contribution >= 4 is 21.8 Å². The summed E-state index contributed by atoms with van der Waals surface area (Å²) in [7, 11) is 0. The number of rotatable bonds is 2. The van der Waals surface area contributed by atoms with Crippen molar-refractivity contribution in [1.29, 1.82) is 0 Å². The Hall–Kier alpha value is -0.190. The number of nitrogens with zero attached hydrogens (tertiary/aromatic N) is 1. The first-order chi connectivity index (χ1) is 6.62. The Labute approximate surface area is 97.1 Å². The van der Waals surface area contributed by atoms with Gasteiger partial charge in [0.1, 0.15) is 0 Å². The molecule has 15 heavy (non-hydrogen) atoms. The number of hydrogen-bond acceptors (Lipinski definition) is 1. The van der Waals surface area contributed by atoms with Crippen LogP contribution in [0.5, 0.6) is 0 Å². The predicted octanol–water partition coefficient (Wildman–Crippen LogP) is 2.66. The Morgan fingerprint density at radius 2 is 2.13 bits per heavy atom. The molecule has 5 heteroatoms. The summed E-state index contributed by atoms with van der Waals surface area (Å²) < 4.78 is 25.3. The van der Waals surface area contributed by atoms with E-state index in [0.29, 0.717) is 13.1 Å². The third kappa shape index (κ3) is 3.40. The van der Waals surface area contributed by atoms with Gasteiger partial charge in [0.15, 0.2) is 0 Å². The SMILES string of the molecule is CC(F)(F)CC(=O)N1CC(Br)C(C)(C)C1. The van der Waals surface area contributed by atoms with E-state index in [4.69, 9.17) is 0 Å². The van der Waals surface area contributed by atoms with Gasteiger partial charge >= 0.3 is 0 Å². The molecule has 88 valence electrons. The van der Waals surface area contributed by atoms with Crippen molar-refractivity contribution in [3.63, 3.8) is 0 Å². The van der Waals surface area contributed by atoms with Crippen LogP contribution >= 0.6 is 15.9 Å². The zero-order valence-electron chi connectivity index (χ0n) is 9.19. The van der Waals surface area contributed by atoms with E-state index in [9.17, 15) is 13.6 Å². The summed E-state index contributed by atoms with van der Waals surface area (Å²) in [5.41, 5.74) is -0.0430. The standard InChI is InChI=1S/C10H16BrF2NO/c1-9(2)6-14(5-7(9)11)8(15)4-10(3,12)13/h7H,4-6H2,1-3H3. The van der Waals surface area contributed by atoms with Gasteiger partial charge in [-0.05, 0) is 12.3 Å². The van der Waals surface area contributed by atoms with Crippen LogP contribution in [0.3, 0.4) is 0 Å². The highest BCUT2D eigenvalue weighted by molar-refractivity contribution is 9.09. The van der Waals surface area contributed by atoms with E-state index in [1.807, 2.05) is 13.8 Å². The predicted molar refractivity (Wildman–Crippen MR) is 58.3 cm³/mol. The van der Waals surface area contributed by atoms with Crippen molar-refractivity contribution < 1.29 is 13.6 Å². The van der Waals surface area contributed by atoms with Gasteiger partial charge in [0.05, 0.1) is 6.42 Å². The quantitative estimate of drug-likeness (QED) is 0.714. The van der Waals surface area contributed by atoms with Gasteiger partial charge in [-0.2, -0.15) is 0 Å². The third-order valence-corrected chi connectivity index (χ3v) is 4.17. The molecule has 0 saturated carbocycles. The minimum Gasteiger partial charge on any atom is -0.341 e. The number of carbonyl (C=O) groups is 1. The first-order valence-corrected chi connectivity index (χ1v) is 5.83. The molecule has 1 aliphatic rings. The first kappa shape index (κ1) is 12.9. The number of carbonyl (C=O) groups excluding carboxylic acids is 1. The van der Waals surface area contributed by atoms with Gasteiger partial charge in [-0.15, -0.1) is 0 Å². The second kappa shape index (κ2) is 4.00. The Morgan fingerprint density at radius 1 is 1.60 bits per heavy atom. The van der Waals surface area contributed by atoms with Crippen LogP contribution < -0.4 is 0 Å². The molecule has 0 N–H and O–H groups in total. The van der Waals surface area contributed by atoms with E-state index >= 15 is 0 Å². The lowest BCUT2D eigenvalue weighted by molar-refractivity contribution is -0.136. The highest BCUT2D eigenvalue weighted by Crippen LogP contribution is 2.35. The van der Waals surface area contributed by atoms with E-state index < -0.39 is 18.3 Å². The van der Waals surface area contributed by atoms with E-state index in [-0.39, 0.29) is 10.2 Å². The van der Waals surface area contributed by atoms with Crippen LogP contribution in [0.1, 0.15) is 27.2 Å². The average molecular weight is 284 g/mol. The Kier molecular flexibility index (Phi) is 3.43. The minimum absolute atomic E-state index is 0.0430. The largest absolute Gasteiger partial charge is 0.341 e. The van der Waals surface area contributed by atoms with Gasteiger partial charge in [-0.1, -0.05) is 29.8 Å². The number of halogens is 3. The lowest BCUT2D eigenvalue weighted by Crippen LogP contribution is -2.33. The van der Waals surface area contributed by atoms with Gasteiger partial charge in [0, 0.05) is 17.9 Å². The van der Waals surface area contributed by atoms with E-state index in [0.717, 1.165) is 6.92 Å². The van der Waals surface area contributed by atoms with Crippen molar-refractivity contribution in [1.82, 2.24) is 4.90 Å². The van der Waals surface area contributed by atoms with Crippen LogP contribution in [0.4, 0.5) is 8.78 Å². The lowest BCUT2D eigenvalue weighted by Gasteiger charge is -2.21. The molecule has 2 nitrogen and oxygen atoms in total. The molecular formula is C10H16BrF2NO. The summed E-state index contributed by atoms with van der Waals surface area (Å²) in [6.07, 6.45) is -0.692. The summed E-state index contributed by atoms with van der Waals surface area (Å²) >= 11 is 3.47. The summed E-state index contributed by atoms with van der Waals surface area (Å²) in [6, 6.07) is 0. The number of likely N-dealkylation sites (tertiary alicyclic amines) is 1. The van der Waals surface area contributed by atoms with Crippen LogP contribution in [-0.4, -0.2) is 34.6 Å². The normalized spacial score (nSPS) is 25.7. The number of amides is 1. The highest BCUT2D eigenvalue weighted by atomic mass is 79.9. The molecule has 1 saturated heterocycles. The smallest absolute Gasteiger partial charge is 0.254 e. The van der Waals surface area contributed by atoms with Crippen LogP contribution in [0, 0.1) is 5.41 Å². The summed E-state index contributed by atoms with van der Waals surface area (Å²) in [5.74, 6) is -3.37. The molecule has 0 aromatic rings. The van der Waals surface area contributed by atoms with Gasteiger partial charge in [-0.25, -0.2) is 8.78 Å². The molecule has 1 heterocycles. The molecule has 0 bridgehead atoms. The molecule has 0 spiro atoms. The van der Waals surface area contributed by atoms with E-state index in [1.165, 1.54) is 4.90 Å². The molecule has 0 aliphatic carbocycles. The van der Waals surface area contributed by atoms with Crippen LogP contribution in [0.2, 0.25) is 0 Å².